The number of aromatic amines is 1. The van der Waals surface area contributed by atoms with Gasteiger partial charge in [-0.05, 0) is 30.3 Å². The van der Waals surface area contributed by atoms with E-state index in [9.17, 15) is 4.79 Å². The summed E-state index contributed by atoms with van der Waals surface area (Å²) in [6, 6.07) is 20.7. The second-order valence-electron chi connectivity index (χ2n) is 6.98. The number of ether oxygens (including phenoxy) is 3. The Bertz CT molecular complexity index is 1250. The number of nitrogens with one attached hydrogen (secondary N) is 1. The summed E-state index contributed by atoms with van der Waals surface area (Å²) in [5, 5.41) is 0.442. The van der Waals surface area contributed by atoms with E-state index in [-0.39, 0.29) is 5.56 Å². The van der Waals surface area contributed by atoms with Gasteiger partial charge in [0.05, 0.1) is 37.4 Å². The number of hydrogen-bond donors (Lipinski definition) is 1. The van der Waals surface area contributed by atoms with Crippen LogP contribution in [0.2, 0.25) is 0 Å². The minimum absolute atomic E-state index is 0.233. The largest absolute Gasteiger partial charge is 0.493 e. The molecule has 0 bridgehead atoms. The van der Waals surface area contributed by atoms with Crippen molar-refractivity contribution in [3.05, 3.63) is 82.9 Å². The van der Waals surface area contributed by atoms with Gasteiger partial charge in [0, 0.05) is 13.1 Å². The lowest BCUT2D eigenvalue weighted by Gasteiger charge is -2.22. The van der Waals surface area contributed by atoms with E-state index in [0.29, 0.717) is 40.5 Å². The van der Waals surface area contributed by atoms with E-state index in [4.69, 9.17) is 14.2 Å². The second-order valence-corrected chi connectivity index (χ2v) is 6.98. The summed E-state index contributed by atoms with van der Waals surface area (Å²) in [6.07, 6.45) is 0. The van der Waals surface area contributed by atoms with Crippen molar-refractivity contribution in [1.82, 2.24) is 9.97 Å². The highest BCUT2D eigenvalue weighted by atomic mass is 16.5. The Morgan fingerprint density at radius 3 is 2.32 bits per heavy atom. The van der Waals surface area contributed by atoms with Crippen LogP contribution in [-0.4, -0.2) is 31.2 Å². The van der Waals surface area contributed by atoms with Crippen LogP contribution in [0.5, 0.6) is 23.0 Å². The first kappa shape index (κ1) is 20.3. The van der Waals surface area contributed by atoms with Crippen molar-refractivity contribution in [3.8, 4) is 23.0 Å². The van der Waals surface area contributed by atoms with Crippen molar-refractivity contribution in [2.45, 2.75) is 6.54 Å². The van der Waals surface area contributed by atoms with Crippen molar-refractivity contribution in [2.24, 2.45) is 0 Å². The number of aromatic nitrogens is 2. The predicted molar refractivity (Wildman–Crippen MR) is 121 cm³/mol. The van der Waals surface area contributed by atoms with Crippen LogP contribution >= 0.6 is 0 Å². The molecule has 0 spiro atoms. The number of H-pyrrole nitrogens is 1. The lowest BCUT2D eigenvalue weighted by atomic mass is 10.2. The molecule has 3 aromatic carbocycles. The van der Waals surface area contributed by atoms with Gasteiger partial charge in [0.25, 0.3) is 5.56 Å². The first-order valence-corrected chi connectivity index (χ1v) is 9.77. The Kier molecular flexibility index (Phi) is 5.75. The molecule has 1 aromatic heterocycles. The Hall–Kier alpha value is -4.00. The third kappa shape index (κ3) is 4.30. The fourth-order valence-electron chi connectivity index (χ4n) is 3.37. The minimum Gasteiger partial charge on any atom is -0.493 e. The number of fused-ring (bicyclic) bond motifs is 1. The molecule has 0 aliphatic carbocycles. The Morgan fingerprint density at radius 1 is 0.903 bits per heavy atom. The molecule has 4 rings (SSSR count). The molecular formula is C24H23N3O4. The molecule has 0 unspecified atom stereocenters. The SMILES string of the molecule is COc1cc2nc(CN(C)c3ccccc3Oc3ccccc3)[nH]c(=O)c2cc1OC. The van der Waals surface area contributed by atoms with Gasteiger partial charge in [0.2, 0.25) is 0 Å². The van der Waals surface area contributed by atoms with E-state index >= 15 is 0 Å². The van der Waals surface area contributed by atoms with Crippen LogP contribution in [0.15, 0.2) is 71.5 Å². The van der Waals surface area contributed by atoms with Gasteiger partial charge in [0.1, 0.15) is 11.6 Å². The maximum atomic E-state index is 12.7. The van der Waals surface area contributed by atoms with Crippen LogP contribution in [0.3, 0.4) is 0 Å². The van der Waals surface area contributed by atoms with Crippen molar-refractivity contribution in [3.63, 3.8) is 0 Å². The molecular weight excluding hydrogens is 394 g/mol. The number of hydrogen-bond acceptors (Lipinski definition) is 6. The normalized spacial score (nSPS) is 10.7. The van der Waals surface area contributed by atoms with Crippen LogP contribution in [0.1, 0.15) is 5.82 Å². The molecule has 4 aromatic rings. The van der Waals surface area contributed by atoms with E-state index in [1.807, 2.05) is 66.5 Å². The third-order valence-corrected chi connectivity index (χ3v) is 4.89. The summed E-state index contributed by atoms with van der Waals surface area (Å²) >= 11 is 0. The predicted octanol–water partition coefficient (Wildman–Crippen LogP) is 4.37. The Balaban J connectivity index is 1.64. The quantitative estimate of drug-likeness (QED) is 0.481. The summed E-state index contributed by atoms with van der Waals surface area (Å²) < 4.78 is 16.7. The molecule has 7 heteroatoms. The zero-order valence-corrected chi connectivity index (χ0v) is 17.6. The third-order valence-electron chi connectivity index (χ3n) is 4.89. The zero-order valence-electron chi connectivity index (χ0n) is 17.6. The molecule has 1 heterocycles. The molecule has 31 heavy (non-hydrogen) atoms. The van der Waals surface area contributed by atoms with Gasteiger partial charge in [-0.25, -0.2) is 4.98 Å². The lowest BCUT2D eigenvalue weighted by molar-refractivity contribution is 0.355. The fraction of sp³-hybridized carbons (Fsp3) is 0.167. The first-order chi connectivity index (χ1) is 15.1. The summed E-state index contributed by atoms with van der Waals surface area (Å²) in [5.41, 5.74) is 1.18. The van der Waals surface area contributed by atoms with Gasteiger partial charge in [-0.15, -0.1) is 0 Å². The monoisotopic (exact) mass is 417 g/mol. The van der Waals surface area contributed by atoms with Crippen LogP contribution < -0.4 is 24.7 Å². The van der Waals surface area contributed by atoms with Gasteiger partial charge in [0.15, 0.2) is 17.2 Å². The molecule has 0 fully saturated rings. The Morgan fingerprint density at radius 2 is 1.58 bits per heavy atom. The molecule has 0 saturated carbocycles. The number of benzene rings is 3. The topological polar surface area (TPSA) is 76.7 Å². The van der Waals surface area contributed by atoms with Gasteiger partial charge in [-0.2, -0.15) is 0 Å². The second kappa shape index (κ2) is 8.79. The molecule has 0 radical (unpaired) electrons. The highest BCUT2D eigenvalue weighted by Crippen LogP contribution is 2.33. The minimum atomic E-state index is -0.233. The maximum Gasteiger partial charge on any atom is 0.258 e. The highest BCUT2D eigenvalue weighted by Gasteiger charge is 2.14. The van der Waals surface area contributed by atoms with Gasteiger partial charge < -0.3 is 24.1 Å². The fourth-order valence-corrected chi connectivity index (χ4v) is 3.37. The highest BCUT2D eigenvalue weighted by molar-refractivity contribution is 5.81. The maximum absolute atomic E-state index is 12.7. The summed E-state index contributed by atoms with van der Waals surface area (Å²) in [5.74, 6) is 3.00. The van der Waals surface area contributed by atoms with E-state index in [2.05, 4.69) is 9.97 Å². The van der Waals surface area contributed by atoms with E-state index < -0.39 is 0 Å². The number of nitrogens with zero attached hydrogens (tertiary/aromatic N) is 2. The molecule has 0 amide bonds. The van der Waals surface area contributed by atoms with Crippen LogP contribution in [0.25, 0.3) is 10.9 Å². The van der Waals surface area contributed by atoms with E-state index in [1.165, 1.54) is 7.11 Å². The molecule has 1 N–H and O–H groups in total. The van der Waals surface area contributed by atoms with Crippen molar-refractivity contribution in [1.29, 1.82) is 0 Å². The van der Waals surface area contributed by atoms with E-state index in [0.717, 1.165) is 11.4 Å². The summed E-state index contributed by atoms with van der Waals surface area (Å²) in [6.45, 7) is 0.384. The summed E-state index contributed by atoms with van der Waals surface area (Å²) in [4.78, 5) is 22.1. The van der Waals surface area contributed by atoms with Crippen LogP contribution in [-0.2, 0) is 6.54 Å². The van der Waals surface area contributed by atoms with Crippen molar-refractivity contribution >= 4 is 16.6 Å². The number of anilines is 1. The van der Waals surface area contributed by atoms with Crippen LogP contribution in [0.4, 0.5) is 5.69 Å². The average Bonchev–Trinajstić information content (AvgIpc) is 2.79. The molecule has 0 aliphatic rings. The average molecular weight is 417 g/mol. The first-order valence-electron chi connectivity index (χ1n) is 9.77. The van der Waals surface area contributed by atoms with Gasteiger partial charge in [-0.3, -0.25) is 4.79 Å². The smallest absolute Gasteiger partial charge is 0.258 e. The van der Waals surface area contributed by atoms with E-state index in [1.54, 1.807) is 19.2 Å². The Labute approximate surface area is 179 Å². The number of methoxy groups -OCH3 is 2. The van der Waals surface area contributed by atoms with Gasteiger partial charge >= 0.3 is 0 Å². The number of rotatable bonds is 7. The zero-order chi connectivity index (χ0) is 21.8. The molecule has 0 aliphatic heterocycles. The molecule has 0 atom stereocenters. The lowest BCUT2D eigenvalue weighted by Crippen LogP contribution is -2.22. The molecule has 7 nitrogen and oxygen atoms in total. The summed E-state index contributed by atoms with van der Waals surface area (Å²) in [7, 11) is 5.00. The molecule has 158 valence electrons. The van der Waals surface area contributed by atoms with Crippen LogP contribution in [0, 0.1) is 0 Å². The number of para-hydroxylation sites is 3. The van der Waals surface area contributed by atoms with Crippen molar-refractivity contribution < 1.29 is 14.2 Å². The standard InChI is InChI=1S/C24H23N3O4/c1-27(19-11-7-8-12-20(19)31-16-9-5-4-6-10-16)15-23-25-18-14-22(30-3)21(29-2)13-17(18)24(28)26-23/h4-14H,15H2,1-3H3,(H,25,26,28). The van der Waals surface area contributed by atoms with Crippen molar-refractivity contribution in [2.75, 3.05) is 26.2 Å². The molecule has 0 saturated heterocycles. The van der Waals surface area contributed by atoms with Gasteiger partial charge in [-0.1, -0.05) is 30.3 Å².